The van der Waals surface area contributed by atoms with Crippen molar-refractivity contribution in [2.75, 3.05) is 6.54 Å². The minimum absolute atomic E-state index is 0.112. The van der Waals surface area contributed by atoms with E-state index in [1.54, 1.807) is 21.6 Å². The van der Waals surface area contributed by atoms with E-state index >= 15 is 0 Å². The summed E-state index contributed by atoms with van der Waals surface area (Å²) < 4.78 is 3.49. The topological polar surface area (TPSA) is 77.6 Å². The van der Waals surface area contributed by atoms with Gasteiger partial charge in [0, 0.05) is 31.7 Å². The summed E-state index contributed by atoms with van der Waals surface area (Å²) >= 11 is 0. The van der Waals surface area contributed by atoms with Crippen LogP contribution in [0.15, 0.2) is 24.5 Å². The monoisotopic (exact) mass is 298 g/mol. The Labute approximate surface area is 128 Å². The standard InChI is InChI=1S/C15H18N6O/c1-10-9-12(13-11(2)19-20(3)14(13)18-10)15(22)16-6-8-21-7-4-5-17-21/h4-5,7,9H,6,8H2,1-3H3,(H,16,22). The number of carbonyl (C=O) groups excluding carboxylic acids is 1. The molecule has 1 amide bonds. The maximum Gasteiger partial charge on any atom is 0.252 e. The van der Waals surface area contributed by atoms with E-state index in [0.717, 1.165) is 22.4 Å². The van der Waals surface area contributed by atoms with E-state index in [2.05, 4.69) is 20.5 Å². The van der Waals surface area contributed by atoms with Crippen molar-refractivity contribution in [1.29, 1.82) is 0 Å². The molecule has 0 aliphatic carbocycles. The van der Waals surface area contributed by atoms with Crippen molar-refractivity contribution in [3.8, 4) is 0 Å². The molecule has 0 radical (unpaired) electrons. The summed E-state index contributed by atoms with van der Waals surface area (Å²) in [5, 5.41) is 12.2. The number of nitrogens with one attached hydrogen (secondary N) is 1. The van der Waals surface area contributed by atoms with Crippen LogP contribution in [-0.2, 0) is 13.6 Å². The summed E-state index contributed by atoms with van der Waals surface area (Å²) in [7, 11) is 1.83. The zero-order chi connectivity index (χ0) is 15.7. The van der Waals surface area contributed by atoms with Gasteiger partial charge in [0.05, 0.1) is 23.2 Å². The minimum Gasteiger partial charge on any atom is -0.350 e. The fraction of sp³-hybridized carbons (Fsp3) is 0.333. The second kappa shape index (κ2) is 5.59. The molecule has 7 nitrogen and oxygen atoms in total. The van der Waals surface area contributed by atoms with Crippen molar-refractivity contribution in [2.45, 2.75) is 20.4 Å². The summed E-state index contributed by atoms with van der Waals surface area (Å²) in [5.74, 6) is -0.112. The normalized spacial score (nSPS) is 11.0. The zero-order valence-corrected chi connectivity index (χ0v) is 12.9. The zero-order valence-electron chi connectivity index (χ0n) is 12.9. The highest BCUT2D eigenvalue weighted by Crippen LogP contribution is 2.21. The van der Waals surface area contributed by atoms with Crippen LogP contribution in [0.1, 0.15) is 21.7 Å². The van der Waals surface area contributed by atoms with Crippen LogP contribution >= 0.6 is 0 Å². The van der Waals surface area contributed by atoms with Gasteiger partial charge in [-0.15, -0.1) is 0 Å². The Morgan fingerprint density at radius 1 is 1.36 bits per heavy atom. The predicted molar refractivity (Wildman–Crippen MR) is 82.5 cm³/mol. The number of amides is 1. The average Bonchev–Trinajstić information content (AvgIpc) is 3.07. The number of nitrogens with zero attached hydrogens (tertiary/aromatic N) is 5. The molecule has 0 aromatic carbocycles. The molecule has 0 bridgehead atoms. The highest BCUT2D eigenvalue weighted by molar-refractivity contribution is 6.06. The highest BCUT2D eigenvalue weighted by Gasteiger charge is 2.17. The lowest BCUT2D eigenvalue weighted by atomic mass is 10.1. The van der Waals surface area contributed by atoms with Gasteiger partial charge in [0.25, 0.3) is 5.91 Å². The van der Waals surface area contributed by atoms with E-state index in [0.29, 0.717) is 18.7 Å². The van der Waals surface area contributed by atoms with Crippen LogP contribution in [0.3, 0.4) is 0 Å². The minimum atomic E-state index is -0.112. The van der Waals surface area contributed by atoms with Crippen LogP contribution in [0, 0.1) is 13.8 Å². The van der Waals surface area contributed by atoms with Crippen LogP contribution in [-0.4, -0.2) is 37.0 Å². The van der Waals surface area contributed by atoms with Crippen LogP contribution in [0.25, 0.3) is 11.0 Å². The van der Waals surface area contributed by atoms with Gasteiger partial charge in [-0.1, -0.05) is 0 Å². The predicted octanol–water partition coefficient (Wildman–Crippen LogP) is 1.21. The van der Waals surface area contributed by atoms with Gasteiger partial charge < -0.3 is 5.32 Å². The molecule has 3 aromatic heterocycles. The molecule has 0 spiro atoms. The molecule has 3 aromatic rings. The third-order valence-electron chi connectivity index (χ3n) is 3.53. The van der Waals surface area contributed by atoms with Crippen molar-refractivity contribution in [3.05, 3.63) is 41.5 Å². The average molecular weight is 298 g/mol. The molecular formula is C15H18N6O. The molecule has 0 unspecified atom stereocenters. The summed E-state index contributed by atoms with van der Waals surface area (Å²) in [6.07, 6.45) is 3.59. The number of fused-ring (bicyclic) bond motifs is 1. The number of pyridine rings is 1. The van der Waals surface area contributed by atoms with Gasteiger partial charge in [-0.2, -0.15) is 10.2 Å². The maximum absolute atomic E-state index is 12.5. The maximum atomic E-state index is 12.5. The van der Waals surface area contributed by atoms with Crippen molar-refractivity contribution in [2.24, 2.45) is 7.05 Å². The molecule has 0 saturated carbocycles. The van der Waals surface area contributed by atoms with Crippen LogP contribution < -0.4 is 5.32 Å². The Morgan fingerprint density at radius 3 is 2.91 bits per heavy atom. The Kier molecular flexibility index (Phi) is 3.62. The van der Waals surface area contributed by atoms with Gasteiger partial charge in [-0.05, 0) is 26.0 Å². The number of hydrogen-bond donors (Lipinski definition) is 1. The smallest absolute Gasteiger partial charge is 0.252 e. The SMILES string of the molecule is Cc1cc(C(=O)NCCn2cccn2)c2c(C)nn(C)c2n1. The number of rotatable bonds is 4. The largest absolute Gasteiger partial charge is 0.350 e. The van der Waals surface area contributed by atoms with E-state index in [-0.39, 0.29) is 5.91 Å². The van der Waals surface area contributed by atoms with Crippen molar-refractivity contribution in [3.63, 3.8) is 0 Å². The lowest BCUT2D eigenvalue weighted by Crippen LogP contribution is -2.27. The van der Waals surface area contributed by atoms with E-state index < -0.39 is 0 Å². The second-order valence-corrected chi connectivity index (χ2v) is 5.24. The summed E-state index contributed by atoms with van der Waals surface area (Å²) in [4.78, 5) is 17.0. The number of carbonyl (C=O) groups is 1. The number of aromatic nitrogens is 5. The van der Waals surface area contributed by atoms with Crippen LogP contribution in [0.4, 0.5) is 0 Å². The molecule has 0 fully saturated rings. The fourth-order valence-corrected chi connectivity index (χ4v) is 2.56. The first-order valence-corrected chi connectivity index (χ1v) is 7.13. The number of aryl methyl sites for hydroxylation is 3. The lowest BCUT2D eigenvalue weighted by molar-refractivity contribution is 0.0953. The summed E-state index contributed by atoms with van der Waals surface area (Å²) in [5.41, 5.74) is 2.96. The summed E-state index contributed by atoms with van der Waals surface area (Å²) in [6.45, 7) is 4.92. The van der Waals surface area contributed by atoms with E-state index in [9.17, 15) is 4.79 Å². The quantitative estimate of drug-likeness (QED) is 0.785. The second-order valence-electron chi connectivity index (χ2n) is 5.24. The highest BCUT2D eigenvalue weighted by atomic mass is 16.1. The third kappa shape index (κ3) is 2.57. The Bertz CT molecular complexity index is 818. The van der Waals surface area contributed by atoms with Crippen LogP contribution in [0.2, 0.25) is 0 Å². The van der Waals surface area contributed by atoms with Crippen molar-refractivity contribution < 1.29 is 4.79 Å². The van der Waals surface area contributed by atoms with E-state index in [1.165, 1.54) is 0 Å². The Balaban J connectivity index is 1.84. The van der Waals surface area contributed by atoms with E-state index in [4.69, 9.17) is 0 Å². The van der Waals surface area contributed by atoms with Gasteiger partial charge in [-0.25, -0.2) is 4.98 Å². The first-order chi connectivity index (χ1) is 10.6. The molecule has 3 heterocycles. The van der Waals surface area contributed by atoms with Gasteiger partial charge in [0.1, 0.15) is 0 Å². The molecule has 0 aliphatic rings. The van der Waals surface area contributed by atoms with Gasteiger partial charge in [-0.3, -0.25) is 14.2 Å². The molecule has 7 heteroatoms. The molecule has 0 saturated heterocycles. The molecule has 3 rings (SSSR count). The van der Waals surface area contributed by atoms with Gasteiger partial charge in [0.2, 0.25) is 0 Å². The molecule has 22 heavy (non-hydrogen) atoms. The van der Waals surface area contributed by atoms with E-state index in [1.807, 2.05) is 33.2 Å². The van der Waals surface area contributed by atoms with Gasteiger partial charge in [0.15, 0.2) is 5.65 Å². The summed E-state index contributed by atoms with van der Waals surface area (Å²) in [6, 6.07) is 3.66. The van der Waals surface area contributed by atoms with Crippen molar-refractivity contribution in [1.82, 2.24) is 29.9 Å². The van der Waals surface area contributed by atoms with Gasteiger partial charge >= 0.3 is 0 Å². The van der Waals surface area contributed by atoms with Crippen LogP contribution in [0.5, 0.6) is 0 Å². The first-order valence-electron chi connectivity index (χ1n) is 7.13. The lowest BCUT2D eigenvalue weighted by Gasteiger charge is -2.08. The number of hydrogen-bond acceptors (Lipinski definition) is 4. The fourth-order valence-electron chi connectivity index (χ4n) is 2.56. The molecule has 0 atom stereocenters. The molecule has 1 N–H and O–H groups in total. The molecule has 114 valence electrons. The Hall–Kier alpha value is -2.70. The Morgan fingerprint density at radius 2 is 2.18 bits per heavy atom. The molecule has 0 aliphatic heterocycles. The first kappa shape index (κ1) is 14.2. The van der Waals surface area contributed by atoms with Crippen molar-refractivity contribution >= 4 is 16.9 Å². The molecular weight excluding hydrogens is 280 g/mol. The third-order valence-corrected chi connectivity index (χ3v) is 3.53.